The van der Waals surface area contributed by atoms with E-state index >= 15 is 0 Å². The van der Waals surface area contributed by atoms with Crippen molar-refractivity contribution in [2.45, 2.75) is 77.0 Å². The molecule has 0 bridgehead atoms. The third kappa shape index (κ3) is 27.1. The van der Waals surface area contributed by atoms with Crippen LogP contribution in [-0.2, 0) is 141 Å². The molecule has 22 heteroatoms. The number of pyridine rings is 10. The summed E-state index contributed by atoms with van der Waals surface area (Å²) < 4.78 is 83.9. The second-order valence-corrected chi connectivity index (χ2v) is 34.3. The number of hydrogen-bond acceptors (Lipinski definition) is 11. The Bertz CT molecular complexity index is 7730. The average Bonchev–Trinajstić information content (AvgIpc) is 1.57. The smallest absolute Gasteiger partial charge is 0.337 e. The van der Waals surface area contributed by atoms with Crippen molar-refractivity contribution in [3.05, 3.63) is 539 Å². The van der Waals surface area contributed by atoms with E-state index in [9.17, 15) is 31.1 Å². The molecule has 0 fully saturated rings. The van der Waals surface area contributed by atoms with Crippen LogP contribution in [0.25, 0.3) is 113 Å². The molecule has 21 rings (SSSR count). The van der Waals surface area contributed by atoms with E-state index in [1.54, 1.807) is 61.3 Å². The number of ketones is 1. The van der Waals surface area contributed by atoms with Crippen LogP contribution in [0.15, 0.2) is 377 Å². The summed E-state index contributed by atoms with van der Waals surface area (Å²) in [5.41, 5.74) is 22.8. The summed E-state index contributed by atoms with van der Waals surface area (Å²) >= 11 is 0. The Morgan fingerprint density at radius 2 is 0.676 bits per heavy atom. The van der Waals surface area contributed by atoms with Crippen LogP contribution in [0.3, 0.4) is 0 Å². The summed E-state index contributed by atoms with van der Waals surface area (Å²) in [4.78, 5) is 57.9. The molecule has 1 aliphatic carbocycles. The molecule has 11 nitrogen and oxygen atoms in total. The van der Waals surface area contributed by atoms with Gasteiger partial charge in [0, 0.05) is 59.9 Å². The molecule has 0 saturated heterocycles. The van der Waals surface area contributed by atoms with Gasteiger partial charge in [0.15, 0.2) is 0 Å². The second kappa shape index (κ2) is 51.2. The topological polar surface area (TPSA) is 146 Å². The molecule has 1 aliphatic rings. The number of rotatable bonds is 20. The third-order valence-electron chi connectivity index (χ3n) is 23.7. The molecule has 0 N–H and O–H groups in total. The number of hydrogen-bond donors (Lipinski definition) is 0. The molecule has 0 atom stereocenters. The summed E-state index contributed by atoms with van der Waals surface area (Å²) in [5.74, 6) is -6.79. The molecule has 10 aromatic heterocycles. The van der Waals surface area contributed by atoms with Gasteiger partial charge in [-0.1, -0.05) is 155 Å². The van der Waals surface area contributed by atoms with Gasteiger partial charge in [0.2, 0.25) is 0 Å². The number of aryl methyl sites for hydroxylation is 2. The maximum absolute atomic E-state index is 14.6. The van der Waals surface area contributed by atoms with Gasteiger partial charge in [0.25, 0.3) is 0 Å². The number of carbonyl (C=O) groups excluding carboxylic acids is 1. The normalized spacial score (nSPS) is 11.2. The zero-order valence-corrected chi connectivity index (χ0v) is 90.0. The quantitative estimate of drug-likeness (QED) is 0.0408. The van der Waals surface area contributed by atoms with Crippen LogP contribution in [-0.4, -0.2) is 55.6 Å². The molecule has 0 spiro atoms. The van der Waals surface area contributed by atoms with Gasteiger partial charge >= 0.3 is 105 Å². The summed E-state index contributed by atoms with van der Waals surface area (Å²) in [6.45, 7) is 12.5. The Labute approximate surface area is 913 Å². The molecular formula is C123H86F6N10OPt5. The van der Waals surface area contributed by atoms with Crippen LogP contribution in [0.1, 0.15) is 113 Å². The summed E-state index contributed by atoms with van der Waals surface area (Å²) in [6, 6.07) is 137. The summed E-state index contributed by atoms with van der Waals surface area (Å²) in [6.07, 6.45) is 11.4. The molecule has 10 heterocycles. The van der Waals surface area contributed by atoms with E-state index in [0.717, 1.165) is 161 Å². The van der Waals surface area contributed by atoms with Crippen molar-refractivity contribution in [2.24, 2.45) is 0 Å². The first-order valence-corrected chi connectivity index (χ1v) is 45.2. The molecule has 0 unspecified atom stereocenters. The van der Waals surface area contributed by atoms with Gasteiger partial charge in [-0.25, -0.2) is 0 Å². The van der Waals surface area contributed by atoms with E-state index in [1.165, 1.54) is 23.3 Å². The first kappa shape index (κ1) is 110. The molecule has 10 aromatic carbocycles. The van der Waals surface area contributed by atoms with Crippen LogP contribution in [0.4, 0.5) is 26.3 Å². The van der Waals surface area contributed by atoms with Crippen molar-refractivity contribution >= 4 is 5.78 Å². The Morgan fingerprint density at radius 3 is 1.16 bits per heavy atom. The van der Waals surface area contributed by atoms with Crippen molar-refractivity contribution in [3.8, 4) is 113 Å². The molecule has 0 amide bonds. The van der Waals surface area contributed by atoms with Gasteiger partial charge in [0.05, 0.1) is 68.6 Å². The van der Waals surface area contributed by atoms with Gasteiger partial charge in [-0.05, 0) is 155 Å². The minimum Gasteiger partial charge on any atom is -0.337 e. The van der Waals surface area contributed by atoms with Crippen molar-refractivity contribution in [1.29, 1.82) is 0 Å². The number of halogens is 6. The first-order valence-electron chi connectivity index (χ1n) is 45.2. The molecule has 0 radical (unpaired) electrons. The molecule has 145 heavy (non-hydrogen) atoms. The second-order valence-electron chi connectivity index (χ2n) is 34.3. The maximum Gasteiger partial charge on any atom is 2.00 e. The van der Waals surface area contributed by atoms with Crippen LogP contribution in [0.5, 0.6) is 0 Å². The fourth-order valence-electron chi connectivity index (χ4n) is 16.2. The van der Waals surface area contributed by atoms with Gasteiger partial charge in [-0.2, -0.15) is 114 Å². The van der Waals surface area contributed by atoms with Gasteiger partial charge in [-0.3, -0.25) is 76.2 Å². The van der Waals surface area contributed by atoms with Gasteiger partial charge in [-0.15, -0.1) is 177 Å². The predicted octanol–water partition coefficient (Wildman–Crippen LogP) is 27.8. The Hall–Kier alpha value is -13.6. The van der Waals surface area contributed by atoms with Crippen molar-refractivity contribution in [1.82, 2.24) is 49.8 Å². The number of fused-ring (bicyclic) bond motifs is 3. The van der Waals surface area contributed by atoms with E-state index < -0.39 is 57.2 Å². The minimum atomic E-state index is -1.24. The molecular weight excluding hydrogens is 2720 g/mol. The Balaban J connectivity index is 0.000000160. The molecule has 726 valence electrons. The predicted molar refractivity (Wildman–Crippen MR) is 535 cm³/mol. The van der Waals surface area contributed by atoms with Crippen molar-refractivity contribution in [2.75, 3.05) is 0 Å². The number of benzene rings is 10. The zero-order chi connectivity index (χ0) is 97.1. The maximum atomic E-state index is 14.6. The molecule has 20 aromatic rings. The largest absolute Gasteiger partial charge is 2.00 e. The fourth-order valence-corrected chi connectivity index (χ4v) is 16.2. The van der Waals surface area contributed by atoms with E-state index in [1.807, 2.05) is 202 Å². The number of nitrogens with zero attached hydrogens (tertiary/aromatic N) is 10. The first-order chi connectivity index (χ1) is 68.0. The summed E-state index contributed by atoms with van der Waals surface area (Å²) in [7, 11) is 0. The van der Waals surface area contributed by atoms with Gasteiger partial charge < -0.3 is 4.79 Å². The van der Waals surface area contributed by atoms with Crippen molar-refractivity contribution < 1.29 is 136 Å². The van der Waals surface area contributed by atoms with Crippen LogP contribution < -0.4 is 0 Å². The standard InChI is InChI=1S/C28H22F2N2.C25H20N2.C24H18N2.C23H10F4N2O.C23H16N2.5Pt/c1-27(2,21-11-9-18(29)16-23(21)30)17-8-10-20-19(15-17)26-22(28(20,3)4)12-13-25(32-26)24-7-5-6-14-31-24;1-25(2,20-11-4-3-5-12-20)21-13-8-10-19(18-21)22-15-9-16-24(27-22)23-14-6-7-17-26-23;1-2-8-19(9-3-1)15-16-20-10-6-11-21(18-20)22-13-7-14-24(26-22)23-12-4-5-17-25-23;24-13-7-8-14(17(25)10-13)23(30)16-11-15(18(26)12-19(16)27)20-5-3-6-22(29-20)21-4-1-2-9-28-21;1-2-8-18(9-3-1)16-19-10-6-11-20(17-19)21-13-7-14-23(25-21)22-12-4-5-15-24-22;;;;;/h5-10,12-14,16H,1-4H3;3-11,13-17H,1-2H3;1-8,10-14,17H,15-16H2;1-7,9-10,12H;1-8,10-15H,16H2;;;;;/q5*-2;5*+2. The van der Waals surface area contributed by atoms with Crippen LogP contribution in [0, 0.1) is 95.6 Å². The SMILES string of the molecule is CC(C)(c1[c-]c2c(cc1)C(C)(C)c1ccc(-c3ccccn3)nc1-2)c1[c-]cc(F)cc1F.CC(C)(c1[c-]cccc1)c1[c-]c(-c2cccc(-c3ccccn3)n2)ccc1.O=C(c1[c-]cc(F)cc1F)c1[c-]c(-c2cccc(-c3ccccn3)n2)c(F)cc1F.[Pt+2].[Pt+2].[Pt+2].[Pt+2].[Pt+2].[c-]1ccccc1CCc1[c-]c(-c2cccc(-c3ccccn3)n2)ccc1.[c-]1ccccc1Cc1[c-]c(-c2cccc(-c3ccccn3)n2)ccc1. The van der Waals surface area contributed by atoms with E-state index in [2.05, 4.69) is 209 Å². The minimum absolute atomic E-state index is 0. The van der Waals surface area contributed by atoms with Crippen LogP contribution >= 0.6 is 0 Å². The zero-order valence-electron chi connectivity index (χ0n) is 78.6. The number of aromatic nitrogens is 10. The fraction of sp³-hybridized carbons (Fsp3) is 0.0976. The monoisotopic (exact) mass is 2810 g/mol. The third-order valence-corrected chi connectivity index (χ3v) is 23.7. The molecule has 0 saturated carbocycles. The van der Waals surface area contributed by atoms with E-state index in [0.29, 0.717) is 29.1 Å². The Kier molecular flexibility index (Phi) is 38.9. The van der Waals surface area contributed by atoms with E-state index in [4.69, 9.17) is 19.9 Å². The van der Waals surface area contributed by atoms with Crippen LogP contribution in [0.2, 0.25) is 0 Å². The van der Waals surface area contributed by atoms with E-state index in [-0.39, 0.29) is 127 Å². The summed E-state index contributed by atoms with van der Waals surface area (Å²) in [5, 5.41) is 0. The van der Waals surface area contributed by atoms with Crippen molar-refractivity contribution in [3.63, 3.8) is 0 Å². The Morgan fingerprint density at radius 1 is 0.290 bits per heavy atom. The van der Waals surface area contributed by atoms with Gasteiger partial charge in [0.1, 0.15) is 5.78 Å². The molecule has 0 aliphatic heterocycles. The number of carbonyl (C=O) groups is 1. The average molecular weight is 2810 g/mol.